The number of nitrogens with two attached hydrogens (primary N) is 1. The van der Waals surface area contributed by atoms with E-state index in [1.165, 1.54) is 6.20 Å². The number of amidine groups is 1. The fourth-order valence-electron chi connectivity index (χ4n) is 4.57. The number of amides is 2. The molecule has 0 saturated heterocycles. The van der Waals surface area contributed by atoms with Crippen LogP contribution in [0.25, 0.3) is 11.3 Å². The van der Waals surface area contributed by atoms with Gasteiger partial charge in [-0.05, 0) is 50.2 Å². The SMILES string of the molecule is CN=C(C=CN)Nc1ncc(C)c(-c2cc3n(c2)CCN([C@H](C)C(=O)N[C@H](CO)c2cccc(C)c2)C3=O)n1. The lowest BCUT2D eigenvalue weighted by atomic mass is 10.0. The smallest absolute Gasteiger partial charge is 0.271 e. The molecule has 3 aromatic rings. The van der Waals surface area contributed by atoms with Crippen molar-refractivity contribution in [2.24, 2.45) is 10.7 Å². The minimum atomic E-state index is -0.720. The molecule has 1 aliphatic heterocycles. The third kappa shape index (κ3) is 5.99. The van der Waals surface area contributed by atoms with Crippen LogP contribution in [0.4, 0.5) is 5.95 Å². The van der Waals surface area contributed by atoms with Crippen molar-refractivity contribution < 1.29 is 14.7 Å². The Balaban J connectivity index is 1.52. The second-order valence-electron chi connectivity index (χ2n) is 9.46. The Kier molecular flexibility index (Phi) is 8.40. The first kappa shape index (κ1) is 27.5. The van der Waals surface area contributed by atoms with E-state index in [1.54, 1.807) is 37.2 Å². The summed E-state index contributed by atoms with van der Waals surface area (Å²) in [6, 6.07) is 8.13. The molecule has 0 saturated carbocycles. The van der Waals surface area contributed by atoms with Gasteiger partial charge >= 0.3 is 0 Å². The summed E-state index contributed by atoms with van der Waals surface area (Å²) in [7, 11) is 1.63. The second-order valence-corrected chi connectivity index (χ2v) is 9.46. The molecule has 0 radical (unpaired) electrons. The van der Waals surface area contributed by atoms with Crippen LogP contribution in [0.15, 0.2) is 60.0 Å². The molecule has 5 N–H and O–H groups in total. The minimum Gasteiger partial charge on any atom is -0.404 e. The van der Waals surface area contributed by atoms with E-state index >= 15 is 0 Å². The van der Waals surface area contributed by atoms with Gasteiger partial charge in [0.05, 0.1) is 18.3 Å². The number of aliphatic hydroxyl groups is 1. The van der Waals surface area contributed by atoms with Crippen LogP contribution < -0.4 is 16.4 Å². The van der Waals surface area contributed by atoms with Crippen molar-refractivity contribution in [3.05, 3.63) is 77.4 Å². The van der Waals surface area contributed by atoms with Crippen LogP contribution >= 0.6 is 0 Å². The third-order valence-corrected chi connectivity index (χ3v) is 6.73. The van der Waals surface area contributed by atoms with Crippen LogP contribution in [0.1, 0.15) is 40.1 Å². The Bertz CT molecular complexity index is 1430. The first-order valence-electron chi connectivity index (χ1n) is 12.7. The zero-order valence-corrected chi connectivity index (χ0v) is 22.5. The molecule has 1 aliphatic rings. The Morgan fingerprint density at radius 2 is 2.08 bits per heavy atom. The van der Waals surface area contributed by atoms with E-state index in [2.05, 4.69) is 25.6 Å². The van der Waals surface area contributed by atoms with Crippen molar-refractivity contribution in [3.8, 4) is 11.3 Å². The maximum Gasteiger partial charge on any atom is 0.271 e. The van der Waals surface area contributed by atoms with Gasteiger partial charge in [0.1, 0.15) is 17.6 Å². The number of carbonyl (C=O) groups excluding carboxylic acids is 2. The zero-order chi connectivity index (χ0) is 28.1. The highest BCUT2D eigenvalue weighted by molar-refractivity contribution is 6.02. The van der Waals surface area contributed by atoms with Crippen LogP contribution in [0.5, 0.6) is 0 Å². The Hall–Kier alpha value is -4.51. The van der Waals surface area contributed by atoms with Gasteiger partial charge in [-0.2, -0.15) is 0 Å². The molecular weight excluding hydrogens is 496 g/mol. The van der Waals surface area contributed by atoms with Crippen LogP contribution in [-0.4, -0.2) is 68.4 Å². The summed E-state index contributed by atoms with van der Waals surface area (Å²) < 4.78 is 1.88. The van der Waals surface area contributed by atoms with Crippen molar-refractivity contribution in [2.45, 2.75) is 39.4 Å². The number of benzene rings is 1. The average molecular weight is 531 g/mol. The van der Waals surface area contributed by atoms with Crippen LogP contribution in [0.3, 0.4) is 0 Å². The van der Waals surface area contributed by atoms with Crippen LogP contribution in [0.2, 0.25) is 0 Å². The van der Waals surface area contributed by atoms with Crippen molar-refractivity contribution in [1.29, 1.82) is 0 Å². The minimum absolute atomic E-state index is 0.245. The lowest BCUT2D eigenvalue weighted by Crippen LogP contribution is -2.52. The lowest BCUT2D eigenvalue weighted by molar-refractivity contribution is -0.126. The predicted molar refractivity (Wildman–Crippen MR) is 150 cm³/mol. The molecule has 204 valence electrons. The molecule has 11 heteroatoms. The van der Waals surface area contributed by atoms with E-state index in [0.717, 1.165) is 22.3 Å². The molecule has 0 unspecified atom stereocenters. The number of rotatable bonds is 8. The Morgan fingerprint density at radius 3 is 2.77 bits per heavy atom. The molecule has 39 heavy (non-hydrogen) atoms. The molecule has 2 amide bonds. The number of aryl methyl sites for hydroxylation is 2. The molecule has 2 atom stereocenters. The highest BCUT2D eigenvalue weighted by atomic mass is 16.3. The maximum absolute atomic E-state index is 13.5. The molecule has 0 aliphatic carbocycles. The molecule has 3 heterocycles. The number of aliphatic imine (C=N–C) groups is 1. The Labute approximate surface area is 227 Å². The molecule has 4 rings (SSSR count). The molecule has 0 spiro atoms. The molecular formula is C28H34N8O3. The van der Waals surface area contributed by atoms with Crippen LogP contribution in [0, 0.1) is 13.8 Å². The molecule has 11 nitrogen and oxygen atoms in total. The fourth-order valence-corrected chi connectivity index (χ4v) is 4.57. The fraction of sp³-hybridized carbons (Fsp3) is 0.321. The summed E-state index contributed by atoms with van der Waals surface area (Å²) in [6.45, 7) is 6.21. The molecule has 2 aromatic heterocycles. The van der Waals surface area contributed by atoms with Gasteiger partial charge in [0, 0.05) is 38.1 Å². The number of hydrogen-bond donors (Lipinski definition) is 4. The van der Waals surface area contributed by atoms with Crippen molar-refractivity contribution in [3.63, 3.8) is 0 Å². The lowest BCUT2D eigenvalue weighted by Gasteiger charge is -2.33. The first-order chi connectivity index (χ1) is 18.7. The number of hydrogen-bond acceptors (Lipinski definition) is 7. The molecule has 0 fully saturated rings. The second kappa shape index (κ2) is 11.9. The number of aromatic nitrogens is 3. The van der Waals surface area contributed by atoms with Crippen molar-refractivity contribution >= 4 is 23.6 Å². The largest absolute Gasteiger partial charge is 0.404 e. The standard InChI is InChI=1S/C28H34N8O3/c1-17-6-5-7-20(12-17)22(16-37)32-26(38)19(3)36-11-10-35-15-21(13-23(35)27(36)39)25-18(2)14-31-28(34-25)33-24(30-4)8-9-29/h5-9,12-15,19,22,37H,10-11,16,29H2,1-4H3,(H,32,38)(H,30,31,33,34)/t19-,22-/m1/s1. The quantitative estimate of drug-likeness (QED) is 0.257. The van der Waals surface area contributed by atoms with Gasteiger partial charge in [-0.3, -0.25) is 14.6 Å². The van der Waals surface area contributed by atoms with Gasteiger partial charge in [0.2, 0.25) is 11.9 Å². The van der Waals surface area contributed by atoms with E-state index in [0.29, 0.717) is 36.3 Å². The summed E-state index contributed by atoms with van der Waals surface area (Å²) >= 11 is 0. The van der Waals surface area contributed by atoms with E-state index in [-0.39, 0.29) is 18.4 Å². The number of carbonyl (C=O) groups is 2. The summed E-state index contributed by atoms with van der Waals surface area (Å²) in [5, 5.41) is 15.8. The molecule has 0 bridgehead atoms. The van der Waals surface area contributed by atoms with E-state index < -0.39 is 12.1 Å². The molecule has 1 aromatic carbocycles. The topological polar surface area (TPSA) is 151 Å². The Morgan fingerprint density at radius 1 is 1.28 bits per heavy atom. The third-order valence-electron chi connectivity index (χ3n) is 6.73. The highest BCUT2D eigenvalue weighted by Crippen LogP contribution is 2.27. The van der Waals surface area contributed by atoms with E-state index in [4.69, 9.17) is 5.73 Å². The summed E-state index contributed by atoms with van der Waals surface area (Å²) in [5.41, 5.74) is 10.1. The number of nitrogens with one attached hydrogen (secondary N) is 2. The monoisotopic (exact) mass is 530 g/mol. The van der Waals surface area contributed by atoms with Gasteiger partial charge < -0.3 is 30.9 Å². The van der Waals surface area contributed by atoms with Gasteiger partial charge in [-0.1, -0.05) is 29.8 Å². The number of nitrogens with zero attached hydrogens (tertiary/aromatic N) is 5. The summed E-state index contributed by atoms with van der Waals surface area (Å²) in [5.74, 6) is 0.285. The number of aliphatic hydroxyl groups excluding tert-OH is 1. The average Bonchev–Trinajstić information content (AvgIpc) is 3.37. The maximum atomic E-state index is 13.5. The predicted octanol–water partition coefficient (Wildman–Crippen LogP) is 2.17. The van der Waals surface area contributed by atoms with E-state index in [1.807, 2.05) is 48.9 Å². The normalized spacial score (nSPS) is 15.3. The van der Waals surface area contributed by atoms with Gasteiger partial charge in [0.25, 0.3) is 5.91 Å². The van der Waals surface area contributed by atoms with Crippen molar-refractivity contribution in [2.75, 3.05) is 25.5 Å². The number of anilines is 1. The zero-order valence-electron chi connectivity index (χ0n) is 22.5. The van der Waals surface area contributed by atoms with Gasteiger partial charge in [-0.25, -0.2) is 9.97 Å². The summed E-state index contributed by atoms with van der Waals surface area (Å²) in [4.78, 5) is 41.2. The van der Waals surface area contributed by atoms with Crippen LogP contribution in [-0.2, 0) is 11.3 Å². The van der Waals surface area contributed by atoms with Gasteiger partial charge in [0.15, 0.2) is 0 Å². The van der Waals surface area contributed by atoms with Crippen molar-refractivity contribution in [1.82, 2.24) is 24.8 Å². The summed E-state index contributed by atoms with van der Waals surface area (Å²) in [6.07, 6.45) is 6.57. The first-order valence-corrected chi connectivity index (χ1v) is 12.7. The highest BCUT2D eigenvalue weighted by Gasteiger charge is 2.33. The number of fused-ring (bicyclic) bond motifs is 1. The van der Waals surface area contributed by atoms with E-state index in [9.17, 15) is 14.7 Å². The van der Waals surface area contributed by atoms with Gasteiger partial charge in [-0.15, -0.1) is 0 Å².